The van der Waals surface area contributed by atoms with Crippen LogP contribution in [0.3, 0.4) is 0 Å². The largest absolute Gasteiger partial charge is 0.411 e. The van der Waals surface area contributed by atoms with Gasteiger partial charge in [0, 0.05) is 6.54 Å². The Balaban J connectivity index is 2.10. The molecule has 1 fully saturated rings. The molecule has 1 rings (SSSR count). The molecular weight excluding hydrogens is 180 g/mol. The second-order valence-electron chi connectivity index (χ2n) is 4.04. The van der Waals surface area contributed by atoms with E-state index in [9.17, 15) is 0 Å². The third-order valence-corrected chi connectivity index (χ3v) is 2.54. The first-order chi connectivity index (χ1) is 6.72. The molecule has 0 aromatic rings. The molecule has 0 aromatic carbocycles. The molecule has 4 heteroatoms. The fourth-order valence-corrected chi connectivity index (χ4v) is 1.59. The highest BCUT2D eigenvalue weighted by Crippen LogP contribution is 2.18. The van der Waals surface area contributed by atoms with E-state index in [0.29, 0.717) is 6.10 Å². The molecule has 1 aliphatic rings. The van der Waals surface area contributed by atoms with E-state index in [0.717, 1.165) is 44.5 Å². The van der Waals surface area contributed by atoms with Gasteiger partial charge in [0.1, 0.15) is 0 Å². The smallest absolute Gasteiger partial charge is 0.0596 e. The quantitative estimate of drug-likeness (QED) is 0.550. The second-order valence-corrected chi connectivity index (χ2v) is 4.04. The molecule has 0 atom stereocenters. The number of hydrogen-bond acceptors (Lipinski definition) is 4. The van der Waals surface area contributed by atoms with Gasteiger partial charge in [0.2, 0.25) is 0 Å². The molecule has 0 saturated heterocycles. The average molecular weight is 200 g/mol. The molecule has 1 saturated carbocycles. The average Bonchev–Trinajstić information content (AvgIpc) is 2.18. The van der Waals surface area contributed by atoms with Gasteiger partial charge in [-0.3, -0.25) is 0 Å². The highest BCUT2D eigenvalue weighted by atomic mass is 16.5. The molecule has 1 N–H and O–H groups in total. The minimum Gasteiger partial charge on any atom is -0.411 e. The van der Waals surface area contributed by atoms with Crippen LogP contribution in [0, 0.1) is 0 Å². The molecular formula is C10H20N2O2. The Morgan fingerprint density at radius 2 is 2.07 bits per heavy atom. The summed E-state index contributed by atoms with van der Waals surface area (Å²) >= 11 is 0. The van der Waals surface area contributed by atoms with Crippen LogP contribution in [0.25, 0.3) is 0 Å². The van der Waals surface area contributed by atoms with Crippen LogP contribution in [0.5, 0.6) is 0 Å². The first-order valence-electron chi connectivity index (χ1n) is 5.18. The zero-order valence-corrected chi connectivity index (χ0v) is 9.07. The second kappa shape index (κ2) is 5.98. The van der Waals surface area contributed by atoms with Crippen molar-refractivity contribution < 1.29 is 9.94 Å². The predicted molar refractivity (Wildman–Crippen MR) is 56.0 cm³/mol. The summed E-state index contributed by atoms with van der Waals surface area (Å²) in [7, 11) is 4.08. The lowest BCUT2D eigenvalue weighted by Gasteiger charge is -2.23. The number of oxime groups is 1. The summed E-state index contributed by atoms with van der Waals surface area (Å²) in [6.45, 7) is 1.76. The van der Waals surface area contributed by atoms with Crippen LogP contribution in [0.2, 0.25) is 0 Å². The number of likely N-dealkylation sites (N-methyl/N-ethyl adjacent to an activating group) is 1. The fraction of sp³-hybridized carbons (Fsp3) is 0.900. The fourth-order valence-electron chi connectivity index (χ4n) is 1.59. The van der Waals surface area contributed by atoms with Gasteiger partial charge in [-0.25, -0.2) is 0 Å². The maximum Gasteiger partial charge on any atom is 0.0596 e. The number of hydrogen-bond donors (Lipinski definition) is 1. The molecule has 0 radical (unpaired) electrons. The normalized spacial score (nSPS) is 22.8. The third kappa shape index (κ3) is 4.07. The van der Waals surface area contributed by atoms with E-state index in [1.165, 1.54) is 0 Å². The Hall–Kier alpha value is -0.610. The van der Waals surface area contributed by atoms with Crippen LogP contribution < -0.4 is 0 Å². The van der Waals surface area contributed by atoms with Gasteiger partial charge in [-0.2, -0.15) is 0 Å². The highest BCUT2D eigenvalue weighted by molar-refractivity contribution is 5.84. The van der Waals surface area contributed by atoms with Gasteiger partial charge < -0.3 is 14.8 Å². The van der Waals surface area contributed by atoms with E-state index in [1.807, 2.05) is 14.1 Å². The lowest BCUT2D eigenvalue weighted by molar-refractivity contribution is 0.0319. The van der Waals surface area contributed by atoms with Gasteiger partial charge in [-0.05, 0) is 39.8 Å². The zero-order chi connectivity index (χ0) is 10.4. The number of nitrogens with zero attached hydrogens (tertiary/aromatic N) is 2. The summed E-state index contributed by atoms with van der Waals surface area (Å²) in [4.78, 5) is 2.11. The van der Waals surface area contributed by atoms with Crippen molar-refractivity contribution in [2.24, 2.45) is 5.16 Å². The molecule has 0 bridgehead atoms. The third-order valence-electron chi connectivity index (χ3n) is 2.54. The number of ether oxygens (including phenoxy) is 1. The lowest BCUT2D eigenvalue weighted by atomic mass is 9.96. The minimum atomic E-state index is 0.362. The topological polar surface area (TPSA) is 45.1 Å². The number of rotatable bonds is 4. The molecule has 0 heterocycles. The Kier molecular flexibility index (Phi) is 4.90. The van der Waals surface area contributed by atoms with Crippen molar-refractivity contribution in [3.05, 3.63) is 0 Å². The van der Waals surface area contributed by atoms with Gasteiger partial charge >= 0.3 is 0 Å². The van der Waals surface area contributed by atoms with Crippen molar-refractivity contribution in [2.45, 2.75) is 31.8 Å². The van der Waals surface area contributed by atoms with Crippen molar-refractivity contribution in [2.75, 3.05) is 27.2 Å². The Morgan fingerprint density at radius 3 is 2.57 bits per heavy atom. The first-order valence-corrected chi connectivity index (χ1v) is 5.18. The van der Waals surface area contributed by atoms with Crippen LogP contribution in [0.1, 0.15) is 25.7 Å². The van der Waals surface area contributed by atoms with Crippen LogP contribution in [0.4, 0.5) is 0 Å². The van der Waals surface area contributed by atoms with Crippen LogP contribution >= 0.6 is 0 Å². The van der Waals surface area contributed by atoms with Crippen LogP contribution in [-0.2, 0) is 4.74 Å². The summed E-state index contributed by atoms with van der Waals surface area (Å²) in [6, 6.07) is 0. The highest BCUT2D eigenvalue weighted by Gasteiger charge is 2.17. The van der Waals surface area contributed by atoms with E-state index < -0.39 is 0 Å². The van der Waals surface area contributed by atoms with Crippen LogP contribution in [0.15, 0.2) is 5.16 Å². The summed E-state index contributed by atoms with van der Waals surface area (Å²) in [5.74, 6) is 0. The molecule has 0 aliphatic heterocycles. The monoisotopic (exact) mass is 200 g/mol. The van der Waals surface area contributed by atoms with Gasteiger partial charge in [-0.1, -0.05) is 5.16 Å². The van der Waals surface area contributed by atoms with Crippen LogP contribution in [-0.4, -0.2) is 49.2 Å². The van der Waals surface area contributed by atoms with E-state index in [1.54, 1.807) is 0 Å². The molecule has 4 nitrogen and oxygen atoms in total. The molecule has 1 aliphatic carbocycles. The van der Waals surface area contributed by atoms with Gasteiger partial charge in [0.05, 0.1) is 18.4 Å². The zero-order valence-electron chi connectivity index (χ0n) is 9.07. The van der Waals surface area contributed by atoms with E-state index in [2.05, 4.69) is 10.1 Å². The first kappa shape index (κ1) is 11.5. The minimum absolute atomic E-state index is 0.362. The van der Waals surface area contributed by atoms with Crippen molar-refractivity contribution >= 4 is 5.71 Å². The summed E-state index contributed by atoms with van der Waals surface area (Å²) < 4.78 is 5.71. The molecule has 0 spiro atoms. The summed E-state index contributed by atoms with van der Waals surface area (Å²) in [5.41, 5.74) is 0.914. The van der Waals surface area contributed by atoms with Crippen molar-refractivity contribution in [3.8, 4) is 0 Å². The van der Waals surface area contributed by atoms with Gasteiger partial charge in [-0.15, -0.1) is 0 Å². The Morgan fingerprint density at radius 1 is 1.43 bits per heavy atom. The molecule has 14 heavy (non-hydrogen) atoms. The Labute approximate surface area is 85.5 Å². The van der Waals surface area contributed by atoms with Gasteiger partial charge in [0.15, 0.2) is 0 Å². The molecule has 0 unspecified atom stereocenters. The SMILES string of the molecule is CN(C)CCOC1CCC(=NO)CC1. The van der Waals surface area contributed by atoms with Crippen molar-refractivity contribution in [1.82, 2.24) is 4.90 Å². The van der Waals surface area contributed by atoms with Gasteiger partial charge in [0.25, 0.3) is 0 Å². The summed E-state index contributed by atoms with van der Waals surface area (Å²) in [6.07, 6.45) is 4.10. The predicted octanol–water partition coefficient (Wildman–Crippen LogP) is 1.34. The maximum atomic E-state index is 8.57. The molecule has 0 amide bonds. The van der Waals surface area contributed by atoms with Crippen molar-refractivity contribution in [3.63, 3.8) is 0 Å². The van der Waals surface area contributed by atoms with E-state index >= 15 is 0 Å². The van der Waals surface area contributed by atoms with E-state index in [-0.39, 0.29) is 0 Å². The van der Waals surface area contributed by atoms with E-state index in [4.69, 9.17) is 9.94 Å². The standard InChI is InChI=1S/C10H20N2O2/c1-12(2)7-8-14-10-5-3-9(11-13)4-6-10/h10,13H,3-8H2,1-2H3. The lowest BCUT2D eigenvalue weighted by Crippen LogP contribution is -2.26. The maximum absolute atomic E-state index is 8.57. The van der Waals surface area contributed by atoms with Crippen molar-refractivity contribution in [1.29, 1.82) is 0 Å². The molecule has 0 aromatic heterocycles. The Bertz CT molecular complexity index is 183. The summed E-state index contributed by atoms with van der Waals surface area (Å²) in [5, 5.41) is 11.8. The molecule has 82 valence electrons.